The lowest BCUT2D eigenvalue weighted by Gasteiger charge is -2.27. The van der Waals surface area contributed by atoms with Crippen LogP contribution in [0, 0.1) is 0 Å². The highest BCUT2D eigenvalue weighted by Crippen LogP contribution is 2.28. The summed E-state index contributed by atoms with van der Waals surface area (Å²) in [5.74, 6) is 0.638. The highest BCUT2D eigenvalue weighted by atomic mass is 16.7. The molecule has 0 radical (unpaired) electrons. The van der Waals surface area contributed by atoms with Gasteiger partial charge in [-0.05, 0) is 26.8 Å². The first-order chi connectivity index (χ1) is 8.89. The highest BCUT2D eigenvalue weighted by Gasteiger charge is 2.28. The van der Waals surface area contributed by atoms with Gasteiger partial charge in [0.25, 0.3) is 0 Å². The molecule has 0 saturated carbocycles. The predicted octanol–water partition coefficient (Wildman–Crippen LogP) is 2.09. The Morgan fingerprint density at radius 2 is 1.89 bits per heavy atom. The zero-order valence-electron chi connectivity index (χ0n) is 12.2. The summed E-state index contributed by atoms with van der Waals surface area (Å²) in [7, 11) is 3.08. The van der Waals surface area contributed by atoms with Gasteiger partial charge in [-0.25, -0.2) is 0 Å². The van der Waals surface area contributed by atoms with Crippen LogP contribution < -0.4 is 4.74 Å². The lowest BCUT2D eigenvalue weighted by atomic mass is 9.93. The zero-order chi connectivity index (χ0) is 14.5. The Kier molecular flexibility index (Phi) is 5.72. The Morgan fingerprint density at radius 3 is 2.42 bits per heavy atom. The molecular weight excluding hydrogens is 246 g/mol. The van der Waals surface area contributed by atoms with Gasteiger partial charge < -0.3 is 19.3 Å². The summed E-state index contributed by atoms with van der Waals surface area (Å²) in [6.07, 6.45) is 3.16. The monoisotopic (exact) mass is 269 g/mol. The Hall–Kier alpha value is -1.17. The molecular formula is C14H23NO4. The second kappa shape index (κ2) is 6.84. The van der Waals surface area contributed by atoms with E-state index in [1.165, 1.54) is 0 Å². The molecule has 108 valence electrons. The van der Waals surface area contributed by atoms with Crippen LogP contribution in [0.1, 0.15) is 32.8 Å². The van der Waals surface area contributed by atoms with Gasteiger partial charge in [0.1, 0.15) is 5.75 Å². The van der Waals surface area contributed by atoms with Crippen LogP contribution >= 0.6 is 0 Å². The molecule has 0 fully saturated rings. The van der Waals surface area contributed by atoms with Crippen LogP contribution in [0.3, 0.4) is 0 Å². The fraction of sp³-hybridized carbons (Fsp3) is 0.643. The van der Waals surface area contributed by atoms with E-state index >= 15 is 0 Å². The van der Waals surface area contributed by atoms with Crippen molar-refractivity contribution in [1.29, 1.82) is 0 Å². The topological polar surface area (TPSA) is 60.8 Å². The summed E-state index contributed by atoms with van der Waals surface area (Å²) in [5.41, 5.74) is -0.426. The van der Waals surface area contributed by atoms with E-state index in [-0.39, 0.29) is 6.10 Å². The number of pyridine rings is 1. The third-order valence-electron chi connectivity index (χ3n) is 2.80. The van der Waals surface area contributed by atoms with Gasteiger partial charge in [-0.3, -0.25) is 4.98 Å². The van der Waals surface area contributed by atoms with Gasteiger partial charge >= 0.3 is 0 Å². The molecule has 1 rings (SSSR count). The number of ether oxygens (including phenoxy) is 3. The van der Waals surface area contributed by atoms with Crippen molar-refractivity contribution in [2.45, 2.75) is 45.2 Å². The van der Waals surface area contributed by atoms with Crippen LogP contribution in [0.4, 0.5) is 0 Å². The number of hydrogen-bond acceptors (Lipinski definition) is 5. The van der Waals surface area contributed by atoms with E-state index in [1.807, 2.05) is 13.8 Å². The molecule has 0 bridgehead atoms. The molecule has 1 unspecified atom stereocenters. The van der Waals surface area contributed by atoms with Crippen LogP contribution in [0.2, 0.25) is 0 Å². The minimum absolute atomic E-state index is 0.0627. The second-order valence-corrected chi connectivity index (χ2v) is 4.95. The molecule has 5 heteroatoms. The Balaban J connectivity index is 2.87. The fourth-order valence-electron chi connectivity index (χ4n) is 1.76. The van der Waals surface area contributed by atoms with E-state index in [9.17, 15) is 5.11 Å². The van der Waals surface area contributed by atoms with Crippen LogP contribution in [0.5, 0.6) is 5.75 Å². The van der Waals surface area contributed by atoms with Crippen molar-refractivity contribution in [2.24, 2.45) is 0 Å². The lowest BCUT2D eigenvalue weighted by molar-refractivity contribution is -0.142. The van der Waals surface area contributed by atoms with Gasteiger partial charge in [0, 0.05) is 32.4 Å². The second-order valence-electron chi connectivity index (χ2n) is 4.95. The first-order valence-electron chi connectivity index (χ1n) is 6.29. The standard InChI is InChI=1S/C14H23NO4/c1-10(2)19-12-6-11(8-15-9-12)14(3,16)7-13(17-4)18-5/h6,8-10,13,16H,7H2,1-5H3. The maximum atomic E-state index is 10.5. The average Bonchev–Trinajstić information content (AvgIpc) is 2.35. The number of hydrogen-bond donors (Lipinski definition) is 1. The van der Waals surface area contributed by atoms with E-state index in [4.69, 9.17) is 14.2 Å². The molecule has 1 atom stereocenters. The molecule has 5 nitrogen and oxygen atoms in total. The first-order valence-corrected chi connectivity index (χ1v) is 6.29. The Morgan fingerprint density at radius 1 is 1.26 bits per heavy atom. The van der Waals surface area contributed by atoms with E-state index in [1.54, 1.807) is 39.6 Å². The van der Waals surface area contributed by atoms with Gasteiger partial charge in [0.2, 0.25) is 0 Å². The summed E-state index contributed by atoms with van der Waals surface area (Å²) in [4.78, 5) is 4.10. The van der Waals surface area contributed by atoms with Crippen LogP contribution in [-0.2, 0) is 15.1 Å². The SMILES string of the molecule is COC(CC(C)(O)c1cncc(OC(C)C)c1)OC. The molecule has 0 aliphatic heterocycles. The minimum atomic E-state index is -1.10. The number of aliphatic hydroxyl groups is 1. The number of rotatable bonds is 7. The highest BCUT2D eigenvalue weighted by molar-refractivity contribution is 5.27. The molecule has 0 aliphatic rings. The number of methoxy groups -OCH3 is 2. The van der Waals surface area contributed by atoms with Crippen LogP contribution in [0.15, 0.2) is 18.5 Å². The zero-order valence-corrected chi connectivity index (χ0v) is 12.2. The maximum Gasteiger partial charge on any atom is 0.159 e. The summed E-state index contributed by atoms with van der Waals surface area (Å²) >= 11 is 0. The molecule has 0 spiro atoms. The van der Waals surface area contributed by atoms with Gasteiger partial charge in [-0.1, -0.05) is 0 Å². The number of nitrogens with zero attached hydrogens (tertiary/aromatic N) is 1. The van der Waals surface area contributed by atoms with Crippen LogP contribution in [0.25, 0.3) is 0 Å². The maximum absolute atomic E-state index is 10.5. The molecule has 1 aromatic heterocycles. The van der Waals surface area contributed by atoms with Crippen LogP contribution in [-0.4, -0.2) is 36.7 Å². The van der Waals surface area contributed by atoms with Crippen molar-refractivity contribution in [3.8, 4) is 5.75 Å². The van der Waals surface area contributed by atoms with Gasteiger partial charge in [-0.2, -0.15) is 0 Å². The molecule has 0 aromatic carbocycles. The van der Waals surface area contributed by atoms with Crippen molar-refractivity contribution in [3.05, 3.63) is 24.0 Å². The minimum Gasteiger partial charge on any atom is -0.489 e. The molecule has 0 amide bonds. The third kappa shape index (κ3) is 4.78. The molecule has 1 N–H and O–H groups in total. The summed E-state index contributed by atoms with van der Waals surface area (Å²) in [6.45, 7) is 5.58. The van der Waals surface area contributed by atoms with Gasteiger partial charge in [0.15, 0.2) is 6.29 Å². The normalized spacial score (nSPS) is 14.7. The van der Waals surface area contributed by atoms with Crippen molar-refractivity contribution < 1.29 is 19.3 Å². The molecule has 19 heavy (non-hydrogen) atoms. The molecule has 0 saturated heterocycles. The summed E-state index contributed by atoms with van der Waals surface area (Å²) in [6, 6.07) is 1.79. The molecule has 0 aliphatic carbocycles. The van der Waals surface area contributed by atoms with E-state index in [2.05, 4.69) is 4.98 Å². The van der Waals surface area contributed by atoms with Crippen molar-refractivity contribution in [1.82, 2.24) is 4.98 Å². The molecule has 1 aromatic rings. The van der Waals surface area contributed by atoms with E-state index in [0.717, 1.165) is 0 Å². The Bertz CT molecular complexity index is 389. The first kappa shape index (κ1) is 15.9. The van der Waals surface area contributed by atoms with Crippen molar-refractivity contribution >= 4 is 0 Å². The van der Waals surface area contributed by atoms with E-state index in [0.29, 0.717) is 17.7 Å². The summed E-state index contributed by atoms with van der Waals surface area (Å²) in [5, 5.41) is 10.5. The average molecular weight is 269 g/mol. The third-order valence-corrected chi connectivity index (χ3v) is 2.80. The number of aromatic nitrogens is 1. The lowest BCUT2D eigenvalue weighted by Crippen LogP contribution is -2.29. The fourth-order valence-corrected chi connectivity index (χ4v) is 1.76. The van der Waals surface area contributed by atoms with E-state index < -0.39 is 11.9 Å². The van der Waals surface area contributed by atoms with Crippen molar-refractivity contribution in [3.63, 3.8) is 0 Å². The molecule has 1 heterocycles. The van der Waals surface area contributed by atoms with Crippen molar-refractivity contribution in [2.75, 3.05) is 14.2 Å². The Labute approximate surface area is 114 Å². The van der Waals surface area contributed by atoms with Gasteiger partial charge in [-0.15, -0.1) is 0 Å². The summed E-state index contributed by atoms with van der Waals surface area (Å²) < 4.78 is 15.8. The quantitative estimate of drug-likeness (QED) is 0.768. The predicted molar refractivity (Wildman–Crippen MR) is 72.0 cm³/mol. The smallest absolute Gasteiger partial charge is 0.159 e. The largest absolute Gasteiger partial charge is 0.489 e. The van der Waals surface area contributed by atoms with Gasteiger partial charge in [0.05, 0.1) is 17.9 Å².